The van der Waals surface area contributed by atoms with Crippen molar-refractivity contribution in [2.45, 2.75) is 11.8 Å². The Balaban J connectivity index is 3.15. The molecule has 0 amide bonds. The Kier molecular flexibility index (Phi) is 3.38. The predicted octanol–water partition coefficient (Wildman–Crippen LogP) is 3.39. The summed E-state index contributed by atoms with van der Waals surface area (Å²) in [5.41, 5.74) is 0.982. The first kappa shape index (κ1) is 10.1. The molecule has 0 radical (unpaired) electrons. The Hall–Kier alpha value is -0.950. The molecule has 1 aromatic rings. The van der Waals surface area contributed by atoms with E-state index in [1.165, 1.54) is 18.2 Å². The largest absolute Gasteiger partial charge is 0.263 e. The van der Waals surface area contributed by atoms with Crippen molar-refractivity contribution in [2.75, 3.05) is 0 Å². The molecule has 0 N–H and O–H groups in total. The van der Waals surface area contributed by atoms with Gasteiger partial charge in [0.1, 0.15) is 0 Å². The number of nitriles is 1. The zero-order chi connectivity index (χ0) is 9.84. The molecule has 0 aliphatic heterocycles. The van der Waals surface area contributed by atoms with Crippen molar-refractivity contribution >= 4 is 15.9 Å². The fraction of sp³-hybridized carbons (Fsp3) is 0.222. The van der Waals surface area contributed by atoms with E-state index in [-0.39, 0.29) is 5.56 Å². The van der Waals surface area contributed by atoms with Crippen LogP contribution in [0.15, 0.2) is 18.2 Å². The van der Waals surface area contributed by atoms with Crippen LogP contribution in [0.25, 0.3) is 0 Å². The van der Waals surface area contributed by atoms with Gasteiger partial charge in [-0.2, -0.15) is 5.26 Å². The lowest BCUT2D eigenvalue weighted by Crippen LogP contribution is -1.90. The Bertz CT molecular complexity index is 344. The molecule has 1 aromatic carbocycles. The van der Waals surface area contributed by atoms with Gasteiger partial charge in [0.15, 0.2) is 0 Å². The summed E-state index contributed by atoms with van der Waals surface area (Å²) in [6.45, 7) is 0. The van der Waals surface area contributed by atoms with Crippen molar-refractivity contribution in [3.8, 4) is 6.07 Å². The average Bonchev–Trinajstić information content (AvgIpc) is 2.16. The second kappa shape index (κ2) is 4.33. The number of benzene rings is 1. The third-order valence-electron chi connectivity index (χ3n) is 1.65. The lowest BCUT2D eigenvalue weighted by molar-refractivity contribution is 0.151. The van der Waals surface area contributed by atoms with E-state index in [2.05, 4.69) is 15.9 Å². The fourth-order valence-corrected chi connectivity index (χ4v) is 1.43. The van der Waals surface area contributed by atoms with E-state index in [9.17, 15) is 8.78 Å². The maximum atomic E-state index is 12.2. The summed E-state index contributed by atoms with van der Waals surface area (Å²) < 4.78 is 24.4. The number of alkyl halides is 3. The number of hydrogen-bond donors (Lipinski definition) is 0. The summed E-state index contributed by atoms with van der Waals surface area (Å²) in [4.78, 5) is 0. The van der Waals surface area contributed by atoms with Crippen LogP contribution >= 0.6 is 15.9 Å². The highest BCUT2D eigenvalue weighted by Gasteiger charge is 2.09. The van der Waals surface area contributed by atoms with E-state index in [0.29, 0.717) is 16.5 Å². The molecule has 0 aliphatic carbocycles. The van der Waals surface area contributed by atoms with E-state index >= 15 is 0 Å². The van der Waals surface area contributed by atoms with Gasteiger partial charge in [-0.3, -0.25) is 0 Å². The Morgan fingerprint density at radius 1 is 1.46 bits per heavy atom. The lowest BCUT2D eigenvalue weighted by atomic mass is 10.1. The van der Waals surface area contributed by atoms with Gasteiger partial charge in [-0.25, -0.2) is 8.78 Å². The molecular formula is C9H6BrF2N. The minimum absolute atomic E-state index is 0.0477. The molecule has 0 saturated heterocycles. The van der Waals surface area contributed by atoms with Crippen LogP contribution in [0.1, 0.15) is 23.1 Å². The summed E-state index contributed by atoms with van der Waals surface area (Å²) in [6, 6.07) is 5.97. The van der Waals surface area contributed by atoms with Gasteiger partial charge in [-0.05, 0) is 17.7 Å². The zero-order valence-electron chi connectivity index (χ0n) is 6.60. The summed E-state index contributed by atoms with van der Waals surface area (Å²) in [7, 11) is 0. The van der Waals surface area contributed by atoms with E-state index in [0.717, 1.165) is 0 Å². The van der Waals surface area contributed by atoms with Crippen LogP contribution < -0.4 is 0 Å². The SMILES string of the molecule is N#Cc1ccc(C(F)F)cc1CBr. The molecule has 0 saturated carbocycles. The van der Waals surface area contributed by atoms with Crippen LogP contribution in [0, 0.1) is 11.3 Å². The van der Waals surface area contributed by atoms with Gasteiger partial charge in [0.2, 0.25) is 0 Å². The van der Waals surface area contributed by atoms with Gasteiger partial charge >= 0.3 is 0 Å². The van der Waals surface area contributed by atoms with Gasteiger partial charge in [0.05, 0.1) is 11.6 Å². The molecule has 0 aromatic heterocycles. The molecule has 4 heteroatoms. The van der Waals surface area contributed by atoms with Crippen molar-refractivity contribution in [1.82, 2.24) is 0 Å². The molecule has 0 spiro atoms. The number of rotatable bonds is 2. The molecular weight excluding hydrogens is 240 g/mol. The molecule has 68 valence electrons. The number of halogens is 3. The van der Waals surface area contributed by atoms with Crippen LogP contribution in [0.5, 0.6) is 0 Å². The molecule has 0 fully saturated rings. The fourth-order valence-electron chi connectivity index (χ4n) is 0.969. The normalized spacial score (nSPS) is 10.1. The Morgan fingerprint density at radius 2 is 2.15 bits per heavy atom. The third kappa shape index (κ3) is 2.25. The smallest absolute Gasteiger partial charge is 0.205 e. The van der Waals surface area contributed by atoms with E-state index < -0.39 is 6.43 Å². The molecule has 1 nitrogen and oxygen atoms in total. The maximum absolute atomic E-state index is 12.2. The van der Waals surface area contributed by atoms with Crippen LogP contribution in [-0.2, 0) is 5.33 Å². The standard InChI is InChI=1S/C9H6BrF2N/c10-4-8-3-6(9(11)12)1-2-7(8)5-13/h1-3,9H,4H2. The molecule has 0 bridgehead atoms. The summed E-state index contributed by atoms with van der Waals surface area (Å²) in [6.07, 6.45) is -2.48. The summed E-state index contributed by atoms with van der Waals surface area (Å²) in [5.74, 6) is 0. The second-order valence-corrected chi connectivity index (χ2v) is 3.02. The van der Waals surface area contributed by atoms with Gasteiger partial charge < -0.3 is 0 Å². The lowest BCUT2D eigenvalue weighted by Gasteiger charge is -2.03. The minimum Gasteiger partial charge on any atom is -0.205 e. The number of hydrogen-bond acceptors (Lipinski definition) is 1. The minimum atomic E-state index is -2.48. The van der Waals surface area contributed by atoms with Gasteiger partial charge in [0, 0.05) is 10.9 Å². The van der Waals surface area contributed by atoms with Crippen LogP contribution in [-0.4, -0.2) is 0 Å². The summed E-state index contributed by atoms with van der Waals surface area (Å²) in [5, 5.41) is 9.03. The first-order valence-corrected chi connectivity index (χ1v) is 4.68. The molecule has 0 heterocycles. The monoisotopic (exact) mass is 245 g/mol. The topological polar surface area (TPSA) is 23.8 Å². The predicted molar refractivity (Wildman–Crippen MR) is 48.7 cm³/mol. The molecule has 0 aliphatic rings. The van der Waals surface area contributed by atoms with Crippen molar-refractivity contribution in [2.24, 2.45) is 0 Å². The Labute approximate surface area is 83.1 Å². The van der Waals surface area contributed by atoms with Crippen molar-refractivity contribution in [3.05, 3.63) is 34.9 Å². The highest BCUT2D eigenvalue weighted by Crippen LogP contribution is 2.22. The first-order valence-electron chi connectivity index (χ1n) is 3.56. The first-order chi connectivity index (χ1) is 6.19. The molecule has 0 atom stereocenters. The quantitative estimate of drug-likeness (QED) is 0.733. The Morgan fingerprint density at radius 3 is 2.62 bits per heavy atom. The molecule has 1 rings (SSSR count). The third-order valence-corrected chi connectivity index (χ3v) is 2.25. The van der Waals surface area contributed by atoms with Crippen LogP contribution in [0.4, 0.5) is 8.78 Å². The summed E-state index contributed by atoms with van der Waals surface area (Å²) >= 11 is 3.14. The van der Waals surface area contributed by atoms with Gasteiger partial charge in [0.25, 0.3) is 6.43 Å². The average molecular weight is 246 g/mol. The van der Waals surface area contributed by atoms with E-state index in [4.69, 9.17) is 5.26 Å². The molecule has 0 unspecified atom stereocenters. The maximum Gasteiger partial charge on any atom is 0.263 e. The van der Waals surface area contributed by atoms with Gasteiger partial charge in [-0.15, -0.1) is 0 Å². The van der Waals surface area contributed by atoms with Crippen LogP contribution in [0.3, 0.4) is 0 Å². The number of nitrogens with zero attached hydrogens (tertiary/aromatic N) is 1. The molecule has 13 heavy (non-hydrogen) atoms. The highest BCUT2D eigenvalue weighted by atomic mass is 79.9. The zero-order valence-corrected chi connectivity index (χ0v) is 8.18. The van der Waals surface area contributed by atoms with Crippen molar-refractivity contribution in [1.29, 1.82) is 5.26 Å². The van der Waals surface area contributed by atoms with Gasteiger partial charge in [-0.1, -0.05) is 22.0 Å². The van der Waals surface area contributed by atoms with E-state index in [1.54, 1.807) is 0 Å². The highest BCUT2D eigenvalue weighted by molar-refractivity contribution is 9.08. The second-order valence-electron chi connectivity index (χ2n) is 2.46. The van der Waals surface area contributed by atoms with E-state index in [1.807, 2.05) is 6.07 Å². The van der Waals surface area contributed by atoms with Crippen molar-refractivity contribution < 1.29 is 8.78 Å². The van der Waals surface area contributed by atoms with Crippen molar-refractivity contribution in [3.63, 3.8) is 0 Å². The van der Waals surface area contributed by atoms with Crippen LogP contribution in [0.2, 0.25) is 0 Å².